The van der Waals surface area contributed by atoms with Crippen LogP contribution in [-0.4, -0.2) is 0 Å². The Hall–Kier alpha value is 0. The van der Waals surface area contributed by atoms with Crippen LogP contribution < -0.4 is 0 Å². The van der Waals surface area contributed by atoms with Gasteiger partial charge in [0.2, 0.25) is 0 Å². The Bertz CT molecular complexity index is 426. The van der Waals surface area contributed by atoms with Gasteiger partial charge in [0.1, 0.15) is 0 Å². The highest BCUT2D eigenvalue weighted by Crippen LogP contribution is 2.20. The highest BCUT2D eigenvalue weighted by atomic mass is 14.1. The average Bonchev–Trinajstić information content (AvgIpc) is 2.98. The largest absolute Gasteiger partial charge is 0.0654 e. The molecule has 0 heterocycles. The summed E-state index contributed by atoms with van der Waals surface area (Å²) in [7, 11) is 0. The zero-order valence-electron chi connectivity index (χ0n) is 29.4. The van der Waals surface area contributed by atoms with Gasteiger partial charge in [-0.25, -0.2) is 0 Å². The first-order valence-corrected chi connectivity index (χ1v) is 20.1. The molecule has 0 fully saturated rings. The lowest BCUT2D eigenvalue weighted by atomic mass is 9.95. The number of hydrogen-bond donors (Lipinski definition) is 0. The topological polar surface area (TPSA) is 0 Å². The highest BCUT2D eigenvalue weighted by Gasteiger charge is 2.03. The van der Waals surface area contributed by atoms with E-state index in [4.69, 9.17) is 0 Å². The maximum atomic E-state index is 4.45. The summed E-state index contributed by atoms with van der Waals surface area (Å²) >= 11 is 0. The Balaban J connectivity index is 3.11. The van der Waals surface area contributed by atoms with Crippen LogP contribution in [0.1, 0.15) is 251 Å². The summed E-state index contributed by atoms with van der Waals surface area (Å²) < 4.78 is 0. The Kier molecular flexibility index (Phi) is 38.0. The molecule has 0 nitrogen and oxygen atoms in total. The minimum atomic E-state index is 0.716. The van der Waals surface area contributed by atoms with E-state index in [-0.39, 0.29) is 0 Å². The summed E-state index contributed by atoms with van der Waals surface area (Å²) in [6.07, 6.45) is 54.1. The molecule has 1 radical (unpaired) electrons. The summed E-state index contributed by atoms with van der Waals surface area (Å²) in [5.41, 5.74) is 0. The second-order valence-corrected chi connectivity index (χ2v) is 14.1. The normalized spacial score (nSPS) is 12.4. The van der Waals surface area contributed by atoms with Gasteiger partial charge in [-0.3, -0.25) is 0 Å². The lowest BCUT2D eigenvalue weighted by Gasteiger charge is -2.11. The summed E-state index contributed by atoms with van der Waals surface area (Å²) in [5.74, 6) is 0.716. The van der Waals surface area contributed by atoms with Crippen LogP contribution in [0.3, 0.4) is 0 Å². The molecule has 0 rings (SSSR count). The molecule has 0 amide bonds. The Morgan fingerprint density at radius 2 is 0.390 bits per heavy atom. The summed E-state index contributed by atoms with van der Waals surface area (Å²) in [6, 6.07) is 0. The van der Waals surface area contributed by atoms with Crippen molar-refractivity contribution in [3.8, 4) is 0 Å². The Morgan fingerprint density at radius 1 is 0.244 bits per heavy atom. The monoisotopic (exact) mass is 576 g/mol. The van der Waals surface area contributed by atoms with Crippen molar-refractivity contribution in [2.75, 3.05) is 0 Å². The Labute approximate surface area is 263 Å². The predicted octanol–water partition coefficient (Wildman–Crippen LogP) is 15.9. The molecule has 0 spiro atoms. The van der Waals surface area contributed by atoms with Crippen molar-refractivity contribution in [3.63, 3.8) is 0 Å². The van der Waals surface area contributed by atoms with Gasteiger partial charge in [0.25, 0.3) is 0 Å². The maximum Gasteiger partial charge on any atom is -0.0414 e. The fourth-order valence-corrected chi connectivity index (χ4v) is 6.64. The molecule has 41 heavy (non-hydrogen) atoms. The van der Waals surface area contributed by atoms with Gasteiger partial charge >= 0.3 is 0 Å². The second kappa shape index (κ2) is 38.0. The average molecular weight is 576 g/mol. The van der Waals surface area contributed by atoms with Crippen LogP contribution in [0.15, 0.2) is 0 Å². The molecule has 0 N–H and O–H groups in total. The van der Waals surface area contributed by atoms with Crippen LogP contribution in [-0.2, 0) is 0 Å². The molecule has 247 valence electrons. The van der Waals surface area contributed by atoms with E-state index in [1.54, 1.807) is 0 Å². The SMILES string of the molecule is [CH2]C(CCCCCCCCCCCCC)CCCCCCCCCCCCCCCCCCCCCCCCCC. The third-order valence-corrected chi connectivity index (χ3v) is 9.68. The van der Waals surface area contributed by atoms with E-state index in [9.17, 15) is 0 Å². The van der Waals surface area contributed by atoms with Crippen molar-refractivity contribution in [2.24, 2.45) is 5.92 Å². The van der Waals surface area contributed by atoms with Crippen LogP contribution in [0.5, 0.6) is 0 Å². The van der Waals surface area contributed by atoms with Gasteiger partial charge < -0.3 is 0 Å². The van der Waals surface area contributed by atoms with E-state index in [1.165, 1.54) is 238 Å². The predicted molar refractivity (Wildman–Crippen MR) is 191 cm³/mol. The molecule has 0 bridgehead atoms. The van der Waals surface area contributed by atoms with Crippen molar-refractivity contribution >= 4 is 0 Å². The van der Waals surface area contributed by atoms with E-state index < -0.39 is 0 Å². The molecule has 0 saturated heterocycles. The van der Waals surface area contributed by atoms with Crippen LogP contribution in [0.25, 0.3) is 0 Å². The van der Waals surface area contributed by atoms with Crippen molar-refractivity contribution < 1.29 is 0 Å². The van der Waals surface area contributed by atoms with Gasteiger partial charge in [0.15, 0.2) is 0 Å². The standard InChI is InChI=1S/C41H83/c1-4-6-8-10-12-14-16-17-18-19-20-21-22-23-24-25-26-27-28-30-32-34-36-38-40-41(3)39-37-35-33-31-29-15-13-11-9-7-5-2/h41H,3-40H2,1-2H3. The molecule has 1 atom stereocenters. The quantitative estimate of drug-likeness (QED) is 0.0646. The van der Waals surface area contributed by atoms with Gasteiger partial charge in [-0.1, -0.05) is 258 Å². The first kappa shape index (κ1) is 41.0. The molecule has 0 aliphatic heterocycles. The smallest absolute Gasteiger partial charge is 0.0414 e. The molecule has 0 aromatic heterocycles. The van der Waals surface area contributed by atoms with Gasteiger partial charge in [0, 0.05) is 0 Å². The van der Waals surface area contributed by atoms with Crippen molar-refractivity contribution in [3.05, 3.63) is 6.92 Å². The molecule has 0 aromatic rings. The van der Waals surface area contributed by atoms with Gasteiger partial charge in [-0.2, -0.15) is 0 Å². The van der Waals surface area contributed by atoms with E-state index in [1.807, 2.05) is 0 Å². The molecular formula is C41H83. The first-order chi connectivity index (χ1) is 20.3. The van der Waals surface area contributed by atoms with E-state index in [0.717, 1.165) is 0 Å². The summed E-state index contributed by atoms with van der Waals surface area (Å²) in [6.45, 7) is 9.06. The molecule has 0 aliphatic rings. The summed E-state index contributed by atoms with van der Waals surface area (Å²) in [5, 5.41) is 0. The summed E-state index contributed by atoms with van der Waals surface area (Å²) in [4.78, 5) is 0. The van der Waals surface area contributed by atoms with Crippen LogP contribution in [0.2, 0.25) is 0 Å². The van der Waals surface area contributed by atoms with E-state index in [2.05, 4.69) is 20.8 Å². The molecule has 0 aliphatic carbocycles. The van der Waals surface area contributed by atoms with Gasteiger partial charge in [0.05, 0.1) is 0 Å². The van der Waals surface area contributed by atoms with Crippen molar-refractivity contribution in [2.45, 2.75) is 251 Å². The van der Waals surface area contributed by atoms with E-state index in [0.29, 0.717) is 5.92 Å². The zero-order chi connectivity index (χ0) is 29.7. The third-order valence-electron chi connectivity index (χ3n) is 9.68. The molecule has 0 aromatic carbocycles. The van der Waals surface area contributed by atoms with Gasteiger partial charge in [-0.15, -0.1) is 0 Å². The van der Waals surface area contributed by atoms with Crippen molar-refractivity contribution in [1.29, 1.82) is 0 Å². The number of unbranched alkanes of at least 4 members (excludes halogenated alkanes) is 33. The minimum absolute atomic E-state index is 0.716. The van der Waals surface area contributed by atoms with Crippen LogP contribution in [0.4, 0.5) is 0 Å². The molecule has 0 saturated carbocycles. The Morgan fingerprint density at radius 3 is 0.561 bits per heavy atom. The molecule has 0 heteroatoms. The number of hydrogen-bond acceptors (Lipinski definition) is 0. The molecular weight excluding hydrogens is 492 g/mol. The number of rotatable bonds is 37. The lowest BCUT2D eigenvalue weighted by Crippen LogP contribution is -1.95. The highest BCUT2D eigenvalue weighted by molar-refractivity contribution is 4.62. The second-order valence-electron chi connectivity index (χ2n) is 14.1. The van der Waals surface area contributed by atoms with Crippen LogP contribution in [0, 0.1) is 12.8 Å². The van der Waals surface area contributed by atoms with Crippen LogP contribution >= 0.6 is 0 Å². The lowest BCUT2D eigenvalue weighted by molar-refractivity contribution is 0.459. The fourth-order valence-electron chi connectivity index (χ4n) is 6.64. The molecule has 1 unspecified atom stereocenters. The third kappa shape index (κ3) is 38.0. The first-order valence-electron chi connectivity index (χ1n) is 20.1. The minimum Gasteiger partial charge on any atom is -0.0654 e. The fraction of sp³-hybridized carbons (Fsp3) is 0.976. The maximum absolute atomic E-state index is 4.45. The van der Waals surface area contributed by atoms with Gasteiger partial charge in [-0.05, 0) is 5.92 Å². The van der Waals surface area contributed by atoms with E-state index >= 15 is 0 Å². The zero-order valence-corrected chi connectivity index (χ0v) is 29.4. The van der Waals surface area contributed by atoms with Crippen molar-refractivity contribution in [1.82, 2.24) is 0 Å².